The van der Waals surface area contributed by atoms with Crippen LogP contribution in [0.3, 0.4) is 0 Å². The van der Waals surface area contributed by atoms with Crippen molar-refractivity contribution in [3.8, 4) is 10.7 Å². The van der Waals surface area contributed by atoms with Gasteiger partial charge in [0, 0.05) is 0 Å². The summed E-state index contributed by atoms with van der Waals surface area (Å²) in [5, 5.41) is 3.42. The summed E-state index contributed by atoms with van der Waals surface area (Å²) in [6.45, 7) is 1.98. The maximum atomic E-state index is 6.23. The van der Waals surface area contributed by atoms with Gasteiger partial charge >= 0.3 is 0 Å². The van der Waals surface area contributed by atoms with E-state index in [0.29, 0.717) is 5.02 Å². The van der Waals surface area contributed by atoms with E-state index in [9.17, 15) is 0 Å². The molecule has 0 aliphatic heterocycles. The molecule has 2 aromatic heterocycles. The Morgan fingerprint density at radius 2 is 2.12 bits per heavy atom. The van der Waals surface area contributed by atoms with Crippen LogP contribution >= 0.6 is 34.5 Å². The molecule has 0 saturated heterocycles. The van der Waals surface area contributed by atoms with E-state index in [2.05, 4.69) is 9.97 Å². The molecule has 0 fully saturated rings. The molecule has 0 aliphatic rings. The van der Waals surface area contributed by atoms with Gasteiger partial charge in [0.2, 0.25) is 0 Å². The molecule has 2 heterocycles. The molecule has 2 nitrogen and oxygen atoms in total. The lowest BCUT2D eigenvalue weighted by Gasteiger charge is -1.92. The number of aromatic amines is 1. The minimum atomic E-state index is 0.648. The highest BCUT2D eigenvalue weighted by Gasteiger charge is 2.13. The van der Waals surface area contributed by atoms with Crippen LogP contribution in [-0.4, -0.2) is 9.97 Å². The van der Waals surface area contributed by atoms with E-state index in [0.717, 1.165) is 32.3 Å². The van der Waals surface area contributed by atoms with E-state index < -0.39 is 0 Å². The number of thiophene rings is 1. The number of benzene rings is 1. The van der Waals surface area contributed by atoms with Crippen molar-refractivity contribution >= 4 is 45.6 Å². The summed E-state index contributed by atoms with van der Waals surface area (Å²) in [6.07, 6.45) is 0. The number of hydrogen-bond acceptors (Lipinski definition) is 2. The summed E-state index contributed by atoms with van der Waals surface area (Å²) in [5.74, 6) is 0.774. The first-order chi connectivity index (χ1) is 8.16. The van der Waals surface area contributed by atoms with Crippen molar-refractivity contribution in [3.63, 3.8) is 0 Å². The number of hydrogen-bond donors (Lipinski definition) is 1. The molecular weight excluding hydrogens is 275 g/mol. The largest absolute Gasteiger partial charge is 0.337 e. The molecule has 5 heteroatoms. The molecule has 0 saturated carbocycles. The number of imidazole rings is 1. The highest BCUT2D eigenvalue weighted by Crippen LogP contribution is 2.36. The molecule has 3 aromatic rings. The van der Waals surface area contributed by atoms with Crippen LogP contribution in [0.2, 0.25) is 10.0 Å². The lowest BCUT2D eigenvalue weighted by atomic mass is 10.3. The zero-order valence-electron chi connectivity index (χ0n) is 8.92. The SMILES string of the molecule is Cc1csc(-c2nc3c(Cl)cccc3[nH]2)c1Cl. The third-order valence-corrected chi connectivity index (χ3v) is 4.59. The van der Waals surface area contributed by atoms with Crippen molar-refractivity contribution in [1.29, 1.82) is 0 Å². The molecule has 17 heavy (non-hydrogen) atoms. The molecule has 0 atom stereocenters. The standard InChI is InChI=1S/C12H8Cl2N2S/c1-6-5-17-11(9(6)14)12-15-8-4-2-3-7(13)10(8)16-12/h2-5H,1H3,(H,15,16). The minimum absolute atomic E-state index is 0.648. The average molecular weight is 283 g/mol. The van der Waals surface area contributed by atoms with Gasteiger partial charge in [-0.1, -0.05) is 29.3 Å². The number of fused-ring (bicyclic) bond motifs is 1. The molecule has 0 unspecified atom stereocenters. The van der Waals surface area contributed by atoms with Crippen molar-refractivity contribution in [1.82, 2.24) is 9.97 Å². The second kappa shape index (κ2) is 4.02. The third-order valence-electron chi connectivity index (χ3n) is 2.58. The highest BCUT2D eigenvalue weighted by atomic mass is 35.5. The second-order valence-corrected chi connectivity index (χ2v) is 5.45. The Morgan fingerprint density at radius 3 is 2.76 bits per heavy atom. The molecule has 1 aromatic carbocycles. The van der Waals surface area contributed by atoms with Crippen LogP contribution in [-0.2, 0) is 0 Å². The summed E-state index contributed by atoms with van der Waals surface area (Å²) >= 11 is 13.9. The third kappa shape index (κ3) is 1.75. The van der Waals surface area contributed by atoms with Crippen LogP contribution < -0.4 is 0 Å². The fourth-order valence-electron chi connectivity index (χ4n) is 1.69. The van der Waals surface area contributed by atoms with Gasteiger partial charge in [0.05, 0.1) is 20.4 Å². The Bertz CT molecular complexity index is 700. The van der Waals surface area contributed by atoms with Gasteiger partial charge in [-0.2, -0.15) is 0 Å². The Morgan fingerprint density at radius 1 is 1.29 bits per heavy atom. The van der Waals surface area contributed by atoms with Crippen molar-refractivity contribution in [2.75, 3.05) is 0 Å². The van der Waals surface area contributed by atoms with Crippen molar-refractivity contribution in [3.05, 3.63) is 39.2 Å². The smallest absolute Gasteiger partial charge is 0.150 e. The molecule has 0 bridgehead atoms. The summed E-state index contributed by atoms with van der Waals surface area (Å²) in [6, 6.07) is 5.68. The normalized spacial score (nSPS) is 11.2. The zero-order valence-corrected chi connectivity index (χ0v) is 11.2. The Hall–Kier alpha value is -1.03. The predicted octanol–water partition coefficient (Wildman–Crippen LogP) is 4.91. The molecule has 0 aliphatic carbocycles. The lowest BCUT2D eigenvalue weighted by molar-refractivity contribution is 1.35. The van der Waals surface area contributed by atoms with Gasteiger partial charge in [0.15, 0.2) is 0 Å². The zero-order chi connectivity index (χ0) is 12.0. The van der Waals surface area contributed by atoms with Gasteiger partial charge in [0.25, 0.3) is 0 Å². The van der Waals surface area contributed by atoms with E-state index in [1.54, 1.807) is 11.3 Å². The monoisotopic (exact) mass is 282 g/mol. The first-order valence-electron chi connectivity index (χ1n) is 5.05. The van der Waals surface area contributed by atoms with Crippen LogP contribution in [0.15, 0.2) is 23.6 Å². The molecule has 0 radical (unpaired) electrons. The van der Waals surface area contributed by atoms with Crippen molar-refractivity contribution in [2.24, 2.45) is 0 Å². The van der Waals surface area contributed by atoms with Gasteiger partial charge in [-0.25, -0.2) is 4.98 Å². The molecular formula is C12H8Cl2N2S. The van der Waals surface area contributed by atoms with E-state index in [1.165, 1.54) is 0 Å². The lowest BCUT2D eigenvalue weighted by Crippen LogP contribution is -1.76. The molecule has 0 spiro atoms. The summed E-state index contributed by atoms with van der Waals surface area (Å²) in [7, 11) is 0. The topological polar surface area (TPSA) is 28.7 Å². The average Bonchev–Trinajstić information content (AvgIpc) is 2.85. The summed E-state index contributed by atoms with van der Waals surface area (Å²) < 4.78 is 0. The van der Waals surface area contributed by atoms with Crippen LogP contribution in [0.25, 0.3) is 21.7 Å². The van der Waals surface area contributed by atoms with E-state index in [-0.39, 0.29) is 0 Å². The minimum Gasteiger partial charge on any atom is -0.337 e. The first kappa shape index (κ1) is 11.1. The number of nitrogens with zero attached hydrogens (tertiary/aromatic N) is 1. The van der Waals surface area contributed by atoms with Gasteiger partial charge in [-0.15, -0.1) is 11.3 Å². The maximum Gasteiger partial charge on any atom is 0.150 e. The number of rotatable bonds is 1. The number of aryl methyl sites for hydroxylation is 1. The van der Waals surface area contributed by atoms with Crippen LogP contribution in [0.5, 0.6) is 0 Å². The van der Waals surface area contributed by atoms with Crippen LogP contribution in [0.4, 0.5) is 0 Å². The van der Waals surface area contributed by atoms with E-state index in [1.807, 2.05) is 30.5 Å². The fraction of sp³-hybridized carbons (Fsp3) is 0.0833. The van der Waals surface area contributed by atoms with E-state index >= 15 is 0 Å². The van der Waals surface area contributed by atoms with Gasteiger partial charge in [0.1, 0.15) is 11.3 Å². The summed E-state index contributed by atoms with van der Waals surface area (Å²) in [4.78, 5) is 8.69. The fourth-order valence-corrected chi connectivity index (χ4v) is 3.14. The molecule has 1 N–H and O–H groups in total. The van der Waals surface area contributed by atoms with Gasteiger partial charge in [-0.3, -0.25) is 0 Å². The van der Waals surface area contributed by atoms with Crippen molar-refractivity contribution in [2.45, 2.75) is 6.92 Å². The van der Waals surface area contributed by atoms with Crippen molar-refractivity contribution < 1.29 is 0 Å². The Balaban J connectivity index is 2.25. The predicted molar refractivity (Wildman–Crippen MR) is 74.2 cm³/mol. The number of aromatic nitrogens is 2. The number of H-pyrrole nitrogens is 1. The highest BCUT2D eigenvalue weighted by molar-refractivity contribution is 7.14. The molecule has 3 rings (SSSR count). The van der Waals surface area contributed by atoms with Gasteiger partial charge in [-0.05, 0) is 30.0 Å². The Kier molecular flexibility index (Phi) is 2.62. The first-order valence-corrected chi connectivity index (χ1v) is 6.68. The van der Waals surface area contributed by atoms with Crippen LogP contribution in [0, 0.1) is 6.92 Å². The molecule has 86 valence electrons. The Labute approximate surface area is 112 Å². The van der Waals surface area contributed by atoms with Gasteiger partial charge < -0.3 is 4.98 Å². The number of halogens is 2. The maximum absolute atomic E-state index is 6.23. The second-order valence-electron chi connectivity index (χ2n) is 3.78. The number of para-hydroxylation sites is 1. The molecule has 0 amide bonds. The number of nitrogens with one attached hydrogen (secondary N) is 1. The van der Waals surface area contributed by atoms with E-state index in [4.69, 9.17) is 23.2 Å². The van der Waals surface area contributed by atoms with Crippen LogP contribution in [0.1, 0.15) is 5.56 Å². The summed E-state index contributed by atoms with van der Waals surface area (Å²) in [5.41, 5.74) is 2.78. The quantitative estimate of drug-likeness (QED) is 0.675.